The Balaban J connectivity index is 1.57. The fourth-order valence-corrected chi connectivity index (χ4v) is 3.07. The van der Waals surface area contributed by atoms with Crippen LogP contribution < -0.4 is 16.0 Å². The molecule has 4 nitrogen and oxygen atoms in total. The van der Waals surface area contributed by atoms with E-state index in [9.17, 15) is 0 Å². The molecule has 0 aromatic heterocycles. The van der Waals surface area contributed by atoms with Gasteiger partial charge in [0.15, 0.2) is 5.96 Å². The van der Waals surface area contributed by atoms with Crippen LogP contribution in [0.4, 0.5) is 11.4 Å². The van der Waals surface area contributed by atoms with Crippen LogP contribution in [0.1, 0.15) is 18.1 Å². The molecule has 0 fully saturated rings. The van der Waals surface area contributed by atoms with Crippen LogP contribution in [0.15, 0.2) is 53.5 Å². The zero-order chi connectivity index (χ0) is 16.2. The highest BCUT2D eigenvalue weighted by molar-refractivity contribution is 5.92. The Morgan fingerprint density at radius 3 is 2.74 bits per heavy atom. The van der Waals surface area contributed by atoms with Crippen molar-refractivity contribution in [2.45, 2.75) is 26.3 Å². The number of para-hydroxylation sites is 1. The van der Waals surface area contributed by atoms with Crippen molar-refractivity contribution >= 4 is 17.3 Å². The van der Waals surface area contributed by atoms with E-state index in [0.717, 1.165) is 18.7 Å². The van der Waals surface area contributed by atoms with Gasteiger partial charge in [-0.25, -0.2) is 0 Å². The van der Waals surface area contributed by atoms with E-state index in [4.69, 9.17) is 5.73 Å². The Hall–Kier alpha value is -2.49. The number of benzene rings is 2. The third-order valence-corrected chi connectivity index (χ3v) is 4.30. The number of nitrogens with one attached hydrogen (secondary N) is 1. The Bertz CT molecular complexity index is 691. The number of hydrogen-bond acceptors (Lipinski definition) is 2. The number of rotatable bonds is 4. The Kier molecular flexibility index (Phi) is 4.51. The standard InChI is InChI=1S/C19H24N4/c1-14-7-9-17(10-8-14)22-19(20)21-11-12-23-15(2)13-16-5-3-4-6-18(16)23/h3-10,15H,11-13H2,1-2H3,(H3,20,21,22). The van der Waals surface area contributed by atoms with E-state index in [1.165, 1.54) is 16.8 Å². The van der Waals surface area contributed by atoms with Crippen molar-refractivity contribution in [2.24, 2.45) is 10.7 Å². The van der Waals surface area contributed by atoms with Crippen LogP contribution in [0.3, 0.4) is 0 Å². The summed E-state index contributed by atoms with van der Waals surface area (Å²) in [5, 5.41) is 3.13. The third-order valence-electron chi connectivity index (χ3n) is 4.30. The minimum absolute atomic E-state index is 0.467. The van der Waals surface area contributed by atoms with Crippen molar-refractivity contribution in [2.75, 3.05) is 23.3 Å². The molecule has 3 N–H and O–H groups in total. The Morgan fingerprint density at radius 1 is 1.22 bits per heavy atom. The summed E-state index contributed by atoms with van der Waals surface area (Å²) in [5.74, 6) is 0.467. The predicted octanol–water partition coefficient (Wildman–Crippen LogP) is 3.17. The Morgan fingerprint density at radius 2 is 1.96 bits per heavy atom. The SMILES string of the molecule is Cc1ccc(NC(N)=NCCN2c3ccccc3CC2C)cc1. The van der Waals surface area contributed by atoms with E-state index in [-0.39, 0.29) is 0 Å². The van der Waals surface area contributed by atoms with E-state index in [2.05, 4.69) is 65.5 Å². The summed E-state index contributed by atoms with van der Waals surface area (Å²) < 4.78 is 0. The van der Waals surface area contributed by atoms with Crippen LogP contribution in [-0.2, 0) is 6.42 Å². The van der Waals surface area contributed by atoms with Crippen LogP contribution in [0.5, 0.6) is 0 Å². The number of hydrogen-bond donors (Lipinski definition) is 2. The second-order valence-corrected chi connectivity index (χ2v) is 6.13. The summed E-state index contributed by atoms with van der Waals surface area (Å²) in [7, 11) is 0. The maximum absolute atomic E-state index is 5.98. The maximum atomic E-state index is 5.98. The number of aliphatic imine (C=N–C) groups is 1. The van der Waals surface area contributed by atoms with Gasteiger partial charge in [0.25, 0.3) is 0 Å². The summed E-state index contributed by atoms with van der Waals surface area (Å²) >= 11 is 0. The molecule has 2 aromatic rings. The van der Waals surface area contributed by atoms with Gasteiger partial charge in [-0.05, 0) is 44.0 Å². The average Bonchev–Trinajstić information content (AvgIpc) is 2.86. The zero-order valence-electron chi connectivity index (χ0n) is 13.8. The number of guanidine groups is 1. The van der Waals surface area contributed by atoms with E-state index >= 15 is 0 Å². The summed E-state index contributed by atoms with van der Waals surface area (Å²) in [6, 6.07) is 17.3. The van der Waals surface area contributed by atoms with E-state index < -0.39 is 0 Å². The van der Waals surface area contributed by atoms with Crippen molar-refractivity contribution in [3.05, 3.63) is 59.7 Å². The van der Waals surface area contributed by atoms with E-state index in [0.29, 0.717) is 18.5 Å². The molecule has 1 heterocycles. The lowest BCUT2D eigenvalue weighted by molar-refractivity contribution is 0.674. The fourth-order valence-electron chi connectivity index (χ4n) is 3.07. The zero-order valence-corrected chi connectivity index (χ0v) is 13.8. The van der Waals surface area contributed by atoms with Gasteiger partial charge in [0, 0.05) is 24.0 Å². The van der Waals surface area contributed by atoms with Crippen molar-refractivity contribution in [1.82, 2.24) is 0 Å². The van der Waals surface area contributed by atoms with Gasteiger partial charge >= 0.3 is 0 Å². The quantitative estimate of drug-likeness (QED) is 0.674. The van der Waals surface area contributed by atoms with Crippen LogP contribution in [-0.4, -0.2) is 25.1 Å². The summed E-state index contributed by atoms with van der Waals surface area (Å²) in [4.78, 5) is 6.87. The van der Waals surface area contributed by atoms with Crippen LogP contribution in [0.25, 0.3) is 0 Å². The van der Waals surface area contributed by atoms with Crippen molar-refractivity contribution in [3.8, 4) is 0 Å². The van der Waals surface area contributed by atoms with Gasteiger partial charge in [-0.2, -0.15) is 0 Å². The molecule has 2 aromatic carbocycles. The van der Waals surface area contributed by atoms with Crippen molar-refractivity contribution in [3.63, 3.8) is 0 Å². The van der Waals surface area contributed by atoms with Crippen LogP contribution >= 0.6 is 0 Å². The number of fused-ring (bicyclic) bond motifs is 1. The molecule has 0 radical (unpaired) electrons. The molecular formula is C19H24N4. The molecule has 1 aliphatic heterocycles. The lowest BCUT2D eigenvalue weighted by Gasteiger charge is -2.24. The first-order valence-electron chi connectivity index (χ1n) is 8.11. The first-order valence-corrected chi connectivity index (χ1v) is 8.11. The van der Waals surface area contributed by atoms with Crippen LogP contribution in [0, 0.1) is 6.92 Å². The summed E-state index contributed by atoms with van der Waals surface area (Å²) in [6.45, 7) is 5.89. The molecule has 1 atom stereocenters. The molecule has 0 aliphatic carbocycles. The Labute approximate surface area is 138 Å². The molecule has 0 spiro atoms. The molecule has 4 heteroatoms. The lowest BCUT2D eigenvalue weighted by Crippen LogP contribution is -2.32. The highest BCUT2D eigenvalue weighted by Gasteiger charge is 2.24. The number of nitrogens with two attached hydrogens (primary N) is 1. The smallest absolute Gasteiger partial charge is 0.193 e. The number of nitrogens with zero attached hydrogens (tertiary/aromatic N) is 2. The van der Waals surface area contributed by atoms with Gasteiger partial charge in [-0.1, -0.05) is 35.9 Å². The van der Waals surface area contributed by atoms with Crippen molar-refractivity contribution in [1.29, 1.82) is 0 Å². The highest BCUT2D eigenvalue weighted by atomic mass is 15.2. The van der Waals surface area contributed by atoms with Gasteiger partial charge in [-0.15, -0.1) is 0 Å². The normalized spacial score (nSPS) is 17.2. The second-order valence-electron chi connectivity index (χ2n) is 6.13. The van der Waals surface area contributed by atoms with Crippen LogP contribution in [0.2, 0.25) is 0 Å². The minimum atomic E-state index is 0.467. The fraction of sp³-hybridized carbons (Fsp3) is 0.316. The van der Waals surface area contributed by atoms with Gasteiger partial charge in [0.2, 0.25) is 0 Å². The van der Waals surface area contributed by atoms with E-state index in [1.54, 1.807) is 0 Å². The topological polar surface area (TPSA) is 53.6 Å². The molecule has 1 unspecified atom stereocenters. The average molecular weight is 308 g/mol. The highest BCUT2D eigenvalue weighted by Crippen LogP contribution is 2.31. The summed E-state index contributed by atoms with van der Waals surface area (Å²) in [5.41, 5.74) is 10.9. The van der Waals surface area contributed by atoms with E-state index in [1.807, 2.05) is 12.1 Å². The molecule has 0 saturated heterocycles. The van der Waals surface area contributed by atoms with Gasteiger partial charge in [0.05, 0.1) is 6.54 Å². The molecule has 1 aliphatic rings. The third kappa shape index (κ3) is 3.65. The number of aryl methyl sites for hydroxylation is 1. The maximum Gasteiger partial charge on any atom is 0.193 e. The first kappa shape index (κ1) is 15.4. The van der Waals surface area contributed by atoms with Gasteiger partial charge in [-0.3, -0.25) is 4.99 Å². The number of anilines is 2. The van der Waals surface area contributed by atoms with Crippen molar-refractivity contribution < 1.29 is 0 Å². The monoisotopic (exact) mass is 308 g/mol. The molecule has 23 heavy (non-hydrogen) atoms. The largest absolute Gasteiger partial charge is 0.370 e. The van der Waals surface area contributed by atoms with Gasteiger partial charge in [0.1, 0.15) is 0 Å². The first-order chi connectivity index (χ1) is 11.1. The molecule has 0 bridgehead atoms. The molecule has 0 saturated carbocycles. The molecule has 0 amide bonds. The lowest BCUT2D eigenvalue weighted by atomic mass is 10.1. The molecular weight excluding hydrogens is 284 g/mol. The summed E-state index contributed by atoms with van der Waals surface area (Å²) in [6.07, 6.45) is 1.11. The molecule has 120 valence electrons. The minimum Gasteiger partial charge on any atom is -0.370 e. The molecule has 3 rings (SSSR count). The van der Waals surface area contributed by atoms with Gasteiger partial charge < -0.3 is 16.0 Å². The predicted molar refractivity (Wildman–Crippen MR) is 98.2 cm³/mol. The second kappa shape index (κ2) is 6.73.